The molecule has 3 heterocycles. The number of fused-ring (bicyclic) bond motifs is 4. The second-order valence-corrected chi connectivity index (χ2v) is 7.47. The first-order valence-electron chi connectivity index (χ1n) is 9.04. The minimum absolute atomic E-state index is 0.126. The summed E-state index contributed by atoms with van der Waals surface area (Å²) in [7, 11) is 2.83. The van der Waals surface area contributed by atoms with Gasteiger partial charge in [0.1, 0.15) is 5.82 Å². The third kappa shape index (κ3) is 2.06. The first kappa shape index (κ1) is 17.0. The molecule has 6 nitrogen and oxygen atoms in total. The van der Waals surface area contributed by atoms with Gasteiger partial charge in [-0.2, -0.15) is 0 Å². The molecule has 1 aromatic carbocycles. The average molecular weight is 359 g/mol. The van der Waals surface area contributed by atoms with Crippen LogP contribution in [0.15, 0.2) is 18.2 Å². The number of benzene rings is 1. The van der Waals surface area contributed by atoms with Gasteiger partial charge in [0.2, 0.25) is 11.8 Å². The van der Waals surface area contributed by atoms with Crippen molar-refractivity contribution in [2.75, 3.05) is 25.5 Å². The number of barbiturate groups is 1. The smallest absolute Gasteiger partial charge is 0.332 e. The van der Waals surface area contributed by atoms with E-state index in [1.807, 2.05) is 4.90 Å². The van der Waals surface area contributed by atoms with Crippen LogP contribution in [0.1, 0.15) is 31.2 Å². The van der Waals surface area contributed by atoms with Gasteiger partial charge in [-0.1, -0.05) is 25.0 Å². The summed E-state index contributed by atoms with van der Waals surface area (Å²) >= 11 is 0. The first-order valence-corrected chi connectivity index (χ1v) is 9.04. The van der Waals surface area contributed by atoms with Crippen LogP contribution in [0.2, 0.25) is 0 Å². The van der Waals surface area contributed by atoms with Crippen LogP contribution in [0.25, 0.3) is 0 Å². The molecule has 2 fully saturated rings. The first-order chi connectivity index (χ1) is 12.4. The van der Waals surface area contributed by atoms with Crippen LogP contribution < -0.4 is 4.90 Å². The molecule has 1 aromatic rings. The lowest BCUT2D eigenvalue weighted by molar-refractivity contribution is -0.159. The predicted octanol–water partition coefficient (Wildman–Crippen LogP) is 2.17. The van der Waals surface area contributed by atoms with Crippen LogP contribution >= 0.6 is 0 Å². The lowest BCUT2D eigenvalue weighted by Crippen LogP contribution is -2.71. The van der Waals surface area contributed by atoms with E-state index in [0.717, 1.165) is 29.1 Å². The number of carbonyl (C=O) groups excluding carboxylic acids is 3. The highest BCUT2D eigenvalue weighted by Gasteiger charge is 2.63. The Bertz CT molecular complexity index is 785. The minimum atomic E-state index is -1.37. The molecular formula is C19H22FN3O3. The number of anilines is 1. The fourth-order valence-electron chi connectivity index (χ4n) is 4.86. The zero-order valence-electron chi connectivity index (χ0n) is 15.0. The fraction of sp³-hybridized carbons (Fsp3) is 0.526. The quantitative estimate of drug-likeness (QED) is 0.666. The van der Waals surface area contributed by atoms with Crippen molar-refractivity contribution in [1.29, 1.82) is 0 Å². The Morgan fingerprint density at radius 3 is 2.42 bits per heavy atom. The summed E-state index contributed by atoms with van der Waals surface area (Å²) in [5, 5.41) is 0. The summed E-state index contributed by atoms with van der Waals surface area (Å²) in [6.07, 6.45) is 3.48. The third-order valence-electron chi connectivity index (χ3n) is 6.09. The van der Waals surface area contributed by atoms with Gasteiger partial charge in [0.25, 0.3) is 0 Å². The molecule has 3 aliphatic heterocycles. The molecule has 1 atom stereocenters. The summed E-state index contributed by atoms with van der Waals surface area (Å²) in [5.74, 6) is -1.27. The van der Waals surface area contributed by atoms with Crippen LogP contribution in [0.3, 0.4) is 0 Å². The number of hydrogen-bond acceptors (Lipinski definition) is 4. The van der Waals surface area contributed by atoms with Gasteiger partial charge < -0.3 is 4.90 Å². The van der Waals surface area contributed by atoms with E-state index in [1.165, 1.54) is 20.2 Å². The number of halogens is 1. The van der Waals surface area contributed by atoms with E-state index in [9.17, 15) is 18.8 Å². The van der Waals surface area contributed by atoms with E-state index in [2.05, 4.69) is 0 Å². The number of para-hydroxylation sites is 1. The van der Waals surface area contributed by atoms with Gasteiger partial charge in [0.05, 0.1) is 11.7 Å². The summed E-state index contributed by atoms with van der Waals surface area (Å²) in [6.45, 7) is 0.599. The highest BCUT2D eigenvalue weighted by molar-refractivity contribution is 6.20. The van der Waals surface area contributed by atoms with E-state index in [0.29, 0.717) is 24.2 Å². The number of hydrogen-bond donors (Lipinski definition) is 0. The number of imide groups is 2. The molecule has 3 aliphatic rings. The zero-order valence-corrected chi connectivity index (χ0v) is 15.0. The van der Waals surface area contributed by atoms with E-state index in [1.54, 1.807) is 12.1 Å². The van der Waals surface area contributed by atoms with Crippen LogP contribution in [-0.4, -0.2) is 54.3 Å². The molecule has 2 saturated heterocycles. The Balaban J connectivity index is 1.94. The second-order valence-electron chi connectivity index (χ2n) is 7.47. The highest BCUT2D eigenvalue weighted by atomic mass is 19.1. The number of nitrogens with zero attached hydrogens (tertiary/aromatic N) is 3. The molecule has 0 N–H and O–H groups in total. The fourth-order valence-corrected chi connectivity index (χ4v) is 4.86. The topological polar surface area (TPSA) is 60.9 Å². The van der Waals surface area contributed by atoms with Crippen molar-refractivity contribution in [1.82, 2.24) is 9.80 Å². The van der Waals surface area contributed by atoms with Crippen LogP contribution in [-0.2, 0) is 16.0 Å². The lowest BCUT2D eigenvalue weighted by atomic mass is 9.67. The lowest BCUT2D eigenvalue weighted by Gasteiger charge is -2.52. The van der Waals surface area contributed by atoms with Gasteiger partial charge in [-0.05, 0) is 30.9 Å². The van der Waals surface area contributed by atoms with Gasteiger partial charge >= 0.3 is 6.03 Å². The van der Waals surface area contributed by atoms with Crippen molar-refractivity contribution in [2.24, 2.45) is 5.41 Å². The van der Waals surface area contributed by atoms with Gasteiger partial charge in [0.15, 0.2) is 5.41 Å². The Morgan fingerprint density at radius 1 is 1.04 bits per heavy atom. The maximum Gasteiger partial charge on any atom is 0.332 e. The summed E-state index contributed by atoms with van der Waals surface area (Å²) in [5.41, 5.74) is -0.212. The molecule has 4 amide bonds. The van der Waals surface area contributed by atoms with E-state index < -0.39 is 29.3 Å². The van der Waals surface area contributed by atoms with E-state index >= 15 is 0 Å². The summed E-state index contributed by atoms with van der Waals surface area (Å²) in [6, 6.07) is 3.75. The Hall–Kier alpha value is -2.44. The summed E-state index contributed by atoms with van der Waals surface area (Å²) < 4.78 is 14.7. The molecule has 0 unspecified atom stereocenters. The molecule has 7 heteroatoms. The molecule has 4 rings (SSSR count). The monoisotopic (exact) mass is 359 g/mol. The van der Waals surface area contributed by atoms with Crippen molar-refractivity contribution in [3.63, 3.8) is 0 Å². The molecule has 0 aromatic heterocycles. The SMILES string of the molecule is CN1C(=O)N(C)C(=O)C2(Cc3cccc(F)c3N3CCCCC[C@H]32)C1=O. The number of amides is 4. The highest BCUT2D eigenvalue weighted by Crippen LogP contribution is 2.48. The van der Waals surface area contributed by atoms with E-state index in [-0.39, 0.29) is 12.2 Å². The standard InChI is InChI=1S/C19H22FN3O3/c1-21-16(24)19(17(25)22(2)18(21)26)11-12-7-6-8-13(20)15(12)23-10-5-3-4-9-14(19)23/h6-8,14H,3-5,9-11H2,1-2H3/t14-/m0/s1. The van der Waals surface area contributed by atoms with Gasteiger partial charge in [-0.3, -0.25) is 19.4 Å². The molecule has 26 heavy (non-hydrogen) atoms. The third-order valence-corrected chi connectivity index (χ3v) is 6.09. The molecular weight excluding hydrogens is 337 g/mol. The molecule has 0 bridgehead atoms. The molecule has 0 radical (unpaired) electrons. The normalized spacial score (nSPS) is 25.3. The van der Waals surface area contributed by atoms with Crippen molar-refractivity contribution in [2.45, 2.75) is 38.1 Å². The maximum absolute atomic E-state index is 14.7. The van der Waals surface area contributed by atoms with Crippen LogP contribution in [0.5, 0.6) is 0 Å². The average Bonchev–Trinajstić information content (AvgIpc) is 2.89. The van der Waals surface area contributed by atoms with Crippen molar-refractivity contribution < 1.29 is 18.8 Å². The van der Waals surface area contributed by atoms with Crippen LogP contribution in [0.4, 0.5) is 14.9 Å². The van der Waals surface area contributed by atoms with Crippen LogP contribution in [0, 0.1) is 11.2 Å². The Morgan fingerprint density at radius 2 is 1.73 bits per heavy atom. The number of carbonyl (C=O) groups is 3. The van der Waals surface area contributed by atoms with Crippen molar-refractivity contribution in [3.05, 3.63) is 29.6 Å². The minimum Gasteiger partial charge on any atom is -0.364 e. The number of urea groups is 1. The maximum atomic E-state index is 14.7. The molecule has 0 saturated carbocycles. The van der Waals surface area contributed by atoms with E-state index in [4.69, 9.17) is 0 Å². The van der Waals surface area contributed by atoms with Gasteiger partial charge in [-0.25, -0.2) is 9.18 Å². The van der Waals surface area contributed by atoms with Crippen molar-refractivity contribution in [3.8, 4) is 0 Å². The molecule has 1 spiro atoms. The predicted molar refractivity (Wildman–Crippen MR) is 93.1 cm³/mol. The molecule has 138 valence electrons. The summed E-state index contributed by atoms with van der Waals surface area (Å²) in [4.78, 5) is 42.8. The van der Waals surface area contributed by atoms with Gasteiger partial charge in [-0.15, -0.1) is 0 Å². The second kappa shape index (κ2) is 5.79. The number of rotatable bonds is 0. The molecule has 0 aliphatic carbocycles. The van der Waals surface area contributed by atoms with Crippen molar-refractivity contribution >= 4 is 23.5 Å². The Kier molecular flexibility index (Phi) is 3.78. The largest absolute Gasteiger partial charge is 0.364 e. The Labute approximate surface area is 151 Å². The zero-order chi connectivity index (χ0) is 18.6. The van der Waals surface area contributed by atoms with Gasteiger partial charge in [0, 0.05) is 20.6 Å².